The van der Waals surface area contributed by atoms with E-state index in [2.05, 4.69) is 5.32 Å². The summed E-state index contributed by atoms with van der Waals surface area (Å²) in [6.07, 6.45) is 1.23. The van der Waals surface area contributed by atoms with Gasteiger partial charge >= 0.3 is 0 Å². The zero-order valence-corrected chi connectivity index (χ0v) is 15.9. The van der Waals surface area contributed by atoms with E-state index in [0.717, 1.165) is 11.1 Å². The van der Waals surface area contributed by atoms with Gasteiger partial charge in [0, 0.05) is 24.7 Å². The molecule has 3 rings (SSSR count). The topological polar surface area (TPSA) is 66.5 Å². The molecule has 1 heterocycles. The van der Waals surface area contributed by atoms with E-state index in [4.69, 9.17) is 0 Å². The summed E-state index contributed by atoms with van der Waals surface area (Å²) in [7, 11) is -3.49. The van der Waals surface area contributed by atoms with Gasteiger partial charge < -0.3 is 5.32 Å². The zero-order valence-electron chi connectivity index (χ0n) is 15.1. The molecule has 2 aromatic carbocycles. The fraction of sp³-hybridized carbons (Fsp3) is 0.350. The first-order valence-electron chi connectivity index (χ1n) is 8.81. The third kappa shape index (κ3) is 3.97. The number of amides is 1. The second-order valence-corrected chi connectivity index (χ2v) is 8.69. The fourth-order valence-corrected chi connectivity index (χ4v) is 5.00. The summed E-state index contributed by atoms with van der Waals surface area (Å²) in [4.78, 5) is 12.6. The first-order chi connectivity index (χ1) is 12.4. The summed E-state index contributed by atoms with van der Waals surface area (Å²) in [5, 5.41) is 3.01. The predicted octanol–water partition coefficient (Wildman–Crippen LogP) is 2.89. The number of carbonyl (C=O) groups is 1. The van der Waals surface area contributed by atoms with E-state index >= 15 is 0 Å². The Morgan fingerprint density at radius 3 is 2.31 bits per heavy atom. The van der Waals surface area contributed by atoms with Crippen LogP contribution < -0.4 is 5.32 Å². The maximum Gasteiger partial charge on any atom is 0.251 e. The molecular weight excluding hydrogens is 348 g/mol. The number of hydrogen-bond donors (Lipinski definition) is 1. The van der Waals surface area contributed by atoms with Crippen molar-refractivity contribution in [2.75, 3.05) is 13.1 Å². The van der Waals surface area contributed by atoms with Crippen LogP contribution in [0.4, 0.5) is 0 Å². The van der Waals surface area contributed by atoms with Crippen molar-refractivity contribution >= 4 is 15.9 Å². The van der Waals surface area contributed by atoms with Gasteiger partial charge in [0.2, 0.25) is 10.0 Å². The third-order valence-electron chi connectivity index (χ3n) is 4.77. The van der Waals surface area contributed by atoms with Crippen LogP contribution in [0.1, 0.15) is 34.3 Å². The average molecular weight is 372 g/mol. The lowest BCUT2D eigenvalue weighted by Gasteiger charge is -2.32. The number of hydrogen-bond acceptors (Lipinski definition) is 3. The van der Waals surface area contributed by atoms with Crippen molar-refractivity contribution in [3.63, 3.8) is 0 Å². The van der Waals surface area contributed by atoms with Crippen molar-refractivity contribution in [3.8, 4) is 0 Å². The SMILES string of the molecule is Cc1ccc(S(=O)(=O)N2CCC(NC(=O)c3ccccc3)CC2)c(C)c1. The minimum Gasteiger partial charge on any atom is -0.349 e. The monoisotopic (exact) mass is 372 g/mol. The Morgan fingerprint density at radius 2 is 1.69 bits per heavy atom. The van der Waals surface area contributed by atoms with Crippen LogP contribution in [0.2, 0.25) is 0 Å². The lowest BCUT2D eigenvalue weighted by molar-refractivity contribution is 0.0924. The molecule has 0 aromatic heterocycles. The number of nitrogens with zero attached hydrogens (tertiary/aromatic N) is 1. The van der Waals surface area contributed by atoms with Gasteiger partial charge in [0.1, 0.15) is 0 Å². The summed E-state index contributed by atoms with van der Waals surface area (Å²) in [6.45, 7) is 4.60. The number of benzene rings is 2. The van der Waals surface area contributed by atoms with Gasteiger partial charge in [-0.2, -0.15) is 4.31 Å². The molecule has 0 radical (unpaired) electrons. The Bertz CT molecular complexity index is 887. The van der Waals surface area contributed by atoms with Crippen molar-refractivity contribution in [3.05, 3.63) is 65.2 Å². The molecule has 138 valence electrons. The molecule has 0 saturated carbocycles. The quantitative estimate of drug-likeness (QED) is 0.897. The van der Waals surface area contributed by atoms with E-state index < -0.39 is 10.0 Å². The molecule has 0 bridgehead atoms. The number of nitrogens with one attached hydrogen (secondary N) is 1. The van der Waals surface area contributed by atoms with Gasteiger partial charge in [-0.05, 0) is 50.5 Å². The Hall–Kier alpha value is -2.18. The molecule has 1 aliphatic heterocycles. The highest BCUT2D eigenvalue weighted by Crippen LogP contribution is 2.24. The van der Waals surface area contributed by atoms with Crippen LogP contribution in [0.25, 0.3) is 0 Å². The molecule has 0 spiro atoms. The van der Waals surface area contributed by atoms with Crippen molar-refractivity contribution in [1.82, 2.24) is 9.62 Å². The summed E-state index contributed by atoms with van der Waals surface area (Å²) in [5.41, 5.74) is 2.44. The molecule has 0 atom stereocenters. The van der Waals surface area contributed by atoms with Crippen LogP contribution >= 0.6 is 0 Å². The Labute approximate surface area is 155 Å². The van der Waals surface area contributed by atoms with Crippen LogP contribution in [0.15, 0.2) is 53.4 Å². The van der Waals surface area contributed by atoms with Crippen LogP contribution in [0.5, 0.6) is 0 Å². The molecule has 2 aromatic rings. The van der Waals surface area contributed by atoms with E-state index in [1.807, 2.05) is 44.2 Å². The lowest BCUT2D eigenvalue weighted by atomic mass is 10.1. The second kappa shape index (κ2) is 7.60. The molecule has 1 aliphatic rings. The number of rotatable bonds is 4. The highest BCUT2D eigenvalue weighted by molar-refractivity contribution is 7.89. The normalized spacial score (nSPS) is 16.4. The predicted molar refractivity (Wildman–Crippen MR) is 102 cm³/mol. The molecular formula is C20H24N2O3S. The van der Waals surface area contributed by atoms with E-state index in [-0.39, 0.29) is 11.9 Å². The molecule has 1 saturated heterocycles. The molecule has 1 fully saturated rings. The number of sulfonamides is 1. The van der Waals surface area contributed by atoms with E-state index in [1.165, 1.54) is 4.31 Å². The Kier molecular flexibility index (Phi) is 5.44. The maximum absolute atomic E-state index is 12.9. The van der Waals surface area contributed by atoms with Crippen LogP contribution in [-0.4, -0.2) is 37.8 Å². The van der Waals surface area contributed by atoms with Crippen LogP contribution in [0, 0.1) is 13.8 Å². The van der Waals surface area contributed by atoms with E-state index in [9.17, 15) is 13.2 Å². The summed E-state index contributed by atoms with van der Waals surface area (Å²) in [5.74, 6) is -0.110. The molecule has 6 heteroatoms. The first kappa shape index (κ1) is 18.6. The smallest absolute Gasteiger partial charge is 0.251 e. The van der Waals surface area contributed by atoms with Gasteiger partial charge in [-0.25, -0.2) is 8.42 Å². The molecule has 1 N–H and O–H groups in total. The van der Waals surface area contributed by atoms with Gasteiger partial charge in [0.15, 0.2) is 0 Å². The third-order valence-corrected chi connectivity index (χ3v) is 6.83. The zero-order chi connectivity index (χ0) is 18.7. The van der Waals surface area contributed by atoms with Gasteiger partial charge in [-0.15, -0.1) is 0 Å². The lowest BCUT2D eigenvalue weighted by Crippen LogP contribution is -2.46. The molecule has 1 amide bonds. The van der Waals surface area contributed by atoms with E-state index in [0.29, 0.717) is 36.4 Å². The van der Waals surface area contributed by atoms with Gasteiger partial charge in [-0.3, -0.25) is 4.79 Å². The van der Waals surface area contributed by atoms with Crippen molar-refractivity contribution in [1.29, 1.82) is 0 Å². The van der Waals surface area contributed by atoms with Crippen molar-refractivity contribution < 1.29 is 13.2 Å². The molecule has 5 nitrogen and oxygen atoms in total. The summed E-state index contributed by atoms with van der Waals surface area (Å²) < 4.78 is 27.3. The van der Waals surface area contributed by atoms with Crippen molar-refractivity contribution in [2.24, 2.45) is 0 Å². The van der Waals surface area contributed by atoms with Gasteiger partial charge in [0.05, 0.1) is 4.90 Å². The number of piperidine rings is 1. The minimum absolute atomic E-state index is 0.00623. The summed E-state index contributed by atoms with van der Waals surface area (Å²) >= 11 is 0. The standard InChI is InChI=1S/C20H24N2O3S/c1-15-8-9-19(16(2)14-15)26(24,25)22-12-10-18(11-13-22)21-20(23)17-6-4-3-5-7-17/h3-9,14,18H,10-13H2,1-2H3,(H,21,23). The largest absolute Gasteiger partial charge is 0.349 e. The van der Waals surface area contributed by atoms with Gasteiger partial charge in [0.25, 0.3) is 5.91 Å². The first-order valence-corrected chi connectivity index (χ1v) is 10.3. The number of aryl methyl sites for hydroxylation is 2. The molecule has 0 unspecified atom stereocenters. The fourth-order valence-electron chi connectivity index (χ4n) is 3.33. The molecule has 0 aliphatic carbocycles. The second-order valence-electron chi connectivity index (χ2n) is 6.79. The minimum atomic E-state index is -3.49. The van der Waals surface area contributed by atoms with Crippen LogP contribution in [0.3, 0.4) is 0 Å². The highest BCUT2D eigenvalue weighted by atomic mass is 32.2. The van der Waals surface area contributed by atoms with Gasteiger partial charge in [-0.1, -0.05) is 35.9 Å². The Balaban J connectivity index is 1.63. The summed E-state index contributed by atoms with van der Waals surface area (Å²) in [6, 6.07) is 14.5. The van der Waals surface area contributed by atoms with Crippen LogP contribution in [-0.2, 0) is 10.0 Å². The highest BCUT2D eigenvalue weighted by Gasteiger charge is 2.30. The molecule has 26 heavy (non-hydrogen) atoms. The van der Waals surface area contributed by atoms with Crippen molar-refractivity contribution in [2.45, 2.75) is 37.6 Å². The average Bonchev–Trinajstić information content (AvgIpc) is 2.62. The maximum atomic E-state index is 12.9. The van der Waals surface area contributed by atoms with E-state index in [1.54, 1.807) is 18.2 Å². The Morgan fingerprint density at radius 1 is 1.04 bits per heavy atom. The number of carbonyl (C=O) groups excluding carboxylic acids is 1.